The van der Waals surface area contributed by atoms with Gasteiger partial charge in [-0.1, -0.05) is 52.0 Å². The largest absolute Gasteiger partial charge is 0.522 e. The fourth-order valence-corrected chi connectivity index (χ4v) is 11.7. The van der Waals surface area contributed by atoms with Crippen LogP contribution in [0, 0.1) is 0 Å². The minimum atomic E-state index is -5.84. The van der Waals surface area contributed by atoms with E-state index in [0.29, 0.717) is 15.8 Å². The number of alkyl halides is 3. The Bertz CT molecular complexity index is 632. The molecule has 3 nitrogen and oxygen atoms in total. The minimum absolute atomic E-state index is 0. The van der Waals surface area contributed by atoms with E-state index < -0.39 is 15.6 Å². The first-order valence-electron chi connectivity index (χ1n) is 11.7. The molecule has 10 heteroatoms. The standard InChI is InChI=1S/C14H28P2.C8H12.CHF3O3S.Rh/c1-11-5-6-12(2)15(11)9-10-16-13(3)7-8-14(16)4;1-2-4-6-8-7-5-3-1;2-1(3,4)8(5,6)7;/h11-14H,5-10H2,1-4H3;1-2,7-8H,3-6H2;(H,5,6,7);/t11-,12-,13-,14-;;;/m0.../s1. The molecule has 0 spiro atoms. The van der Waals surface area contributed by atoms with Crippen LogP contribution < -0.4 is 0 Å². The zero-order chi connectivity index (χ0) is 24.4. The van der Waals surface area contributed by atoms with E-state index in [1.54, 1.807) is 12.3 Å². The Kier molecular flexibility index (Phi) is 16.7. The summed E-state index contributed by atoms with van der Waals surface area (Å²) >= 11 is 0. The normalized spacial score (nSPS) is 28.6. The van der Waals surface area contributed by atoms with Crippen molar-refractivity contribution in [2.45, 2.75) is 107 Å². The summed E-state index contributed by atoms with van der Waals surface area (Å²) < 4.78 is 57.5. The Morgan fingerprint density at radius 3 is 1.12 bits per heavy atom. The molecule has 1 radical (unpaired) electrons. The zero-order valence-corrected chi connectivity index (χ0v) is 24.5. The van der Waals surface area contributed by atoms with Crippen LogP contribution in [0.4, 0.5) is 13.2 Å². The molecule has 0 aromatic carbocycles. The zero-order valence-electron chi connectivity index (χ0n) is 20.2. The van der Waals surface area contributed by atoms with Gasteiger partial charge in [0.05, 0.1) is 0 Å². The average Bonchev–Trinajstić information content (AvgIpc) is 3.14. The molecule has 197 valence electrons. The summed E-state index contributed by atoms with van der Waals surface area (Å²) in [4.78, 5) is 0. The first-order chi connectivity index (χ1) is 14.8. The van der Waals surface area contributed by atoms with E-state index >= 15 is 0 Å². The van der Waals surface area contributed by atoms with Crippen molar-refractivity contribution in [3.63, 3.8) is 0 Å². The van der Waals surface area contributed by atoms with Crippen LogP contribution in [-0.4, -0.2) is 53.4 Å². The van der Waals surface area contributed by atoms with Crippen LogP contribution in [0.25, 0.3) is 0 Å². The monoisotopic (exact) mass is 619 g/mol. The third-order valence-electron chi connectivity index (χ3n) is 6.51. The van der Waals surface area contributed by atoms with Gasteiger partial charge >= 0.3 is 15.6 Å². The van der Waals surface area contributed by atoms with E-state index in [2.05, 4.69) is 52.0 Å². The number of rotatable bonds is 3. The van der Waals surface area contributed by atoms with Gasteiger partial charge in [0, 0.05) is 19.5 Å². The second kappa shape index (κ2) is 16.4. The van der Waals surface area contributed by atoms with Crippen molar-refractivity contribution >= 4 is 26.0 Å². The molecule has 4 atom stereocenters. The molecule has 0 aromatic rings. The maximum atomic E-state index is 10.7. The predicted octanol–water partition coefficient (Wildman–Crippen LogP) is 8.16. The Labute approximate surface area is 214 Å². The number of hydrogen-bond donors (Lipinski definition) is 1. The van der Waals surface area contributed by atoms with Crippen LogP contribution in [0.3, 0.4) is 0 Å². The third kappa shape index (κ3) is 13.0. The van der Waals surface area contributed by atoms with Gasteiger partial charge in [-0.2, -0.15) is 21.6 Å². The third-order valence-corrected chi connectivity index (χ3v) is 14.5. The summed E-state index contributed by atoms with van der Waals surface area (Å²) in [5.74, 6) is 0. The summed E-state index contributed by atoms with van der Waals surface area (Å²) in [6.07, 6.45) is 23.3. The van der Waals surface area contributed by atoms with Crippen molar-refractivity contribution in [1.82, 2.24) is 0 Å². The number of allylic oxidation sites excluding steroid dienone is 4. The van der Waals surface area contributed by atoms with Gasteiger partial charge < -0.3 is 0 Å². The molecular formula is C23H41F3O3P2RhS. The van der Waals surface area contributed by atoms with E-state index in [9.17, 15) is 13.2 Å². The summed E-state index contributed by atoms with van der Waals surface area (Å²) in [6.45, 7) is 10.1. The molecule has 0 amide bonds. The first kappa shape index (κ1) is 33.7. The molecule has 3 rings (SSSR count). The van der Waals surface area contributed by atoms with E-state index in [1.807, 2.05) is 0 Å². The van der Waals surface area contributed by atoms with Gasteiger partial charge in [0.1, 0.15) is 0 Å². The fraction of sp³-hybridized carbons (Fsp3) is 0.826. The molecule has 2 saturated heterocycles. The van der Waals surface area contributed by atoms with E-state index in [4.69, 9.17) is 13.0 Å². The summed E-state index contributed by atoms with van der Waals surface area (Å²) in [5.41, 5.74) is -1.23. The van der Waals surface area contributed by atoms with Gasteiger partial charge in [0.2, 0.25) is 0 Å². The second-order valence-corrected chi connectivity index (χ2v) is 16.9. The molecule has 3 aliphatic rings. The van der Waals surface area contributed by atoms with Crippen molar-refractivity contribution in [3.8, 4) is 0 Å². The van der Waals surface area contributed by atoms with Crippen LogP contribution in [0.15, 0.2) is 24.3 Å². The average molecular weight is 619 g/mol. The van der Waals surface area contributed by atoms with Crippen LogP contribution in [0.2, 0.25) is 0 Å². The topological polar surface area (TPSA) is 54.4 Å². The fourth-order valence-electron chi connectivity index (χ4n) is 4.47. The molecule has 0 unspecified atom stereocenters. The number of hydrogen-bond acceptors (Lipinski definition) is 2. The molecule has 2 fully saturated rings. The smallest absolute Gasteiger partial charge is 0.279 e. The molecule has 1 aliphatic carbocycles. The van der Waals surface area contributed by atoms with Gasteiger partial charge in [0.25, 0.3) is 0 Å². The van der Waals surface area contributed by atoms with Crippen molar-refractivity contribution < 1.29 is 45.6 Å². The maximum Gasteiger partial charge on any atom is 0.522 e. The van der Waals surface area contributed by atoms with Gasteiger partial charge in [-0.3, -0.25) is 4.55 Å². The molecule has 2 heterocycles. The van der Waals surface area contributed by atoms with Crippen LogP contribution in [0.1, 0.15) is 79.1 Å². The van der Waals surface area contributed by atoms with Crippen molar-refractivity contribution in [2.75, 3.05) is 12.3 Å². The summed E-state index contributed by atoms with van der Waals surface area (Å²) in [7, 11) is -5.05. The molecular weight excluding hydrogens is 578 g/mol. The Morgan fingerprint density at radius 1 is 0.727 bits per heavy atom. The molecule has 33 heavy (non-hydrogen) atoms. The second-order valence-electron chi connectivity index (χ2n) is 9.04. The SMILES string of the molecule is C1=CCCC=CCC1.C[C@H]1CC[C@H](C)P1CCP1[C@@H](C)CC[C@@H]1C.O=S(=O)(O)C(F)(F)F.[Rh]. The van der Waals surface area contributed by atoms with E-state index in [-0.39, 0.29) is 19.5 Å². The first-order valence-corrected chi connectivity index (χ1v) is 16.5. The quantitative estimate of drug-likeness (QED) is 0.114. The van der Waals surface area contributed by atoms with Crippen LogP contribution in [0.5, 0.6) is 0 Å². The molecule has 2 aliphatic heterocycles. The molecule has 0 bridgehead atoms. The van der Waals surface area contributed by atoms with Crippen molar-refractivity contribution in [2.24, 2.45) is 0 Å². The predicted molar refractivity (Wildman–Crippen MR) is 134 cm³/mol. The van der Waals surface area contributed by atoms with Crippen molar-refractivity contribution in [3.05, 3.63) is 24.3 Å². The van der Waals surface area contributed by atoms with E-state index in [1.165, 1.54) is 51.4 Å². The van der Waals surface area contributed by atoms with Gasteiger partial charge in [-0.25, -0.2) is 0 Å². The van der Waals surface area contributed by atoms with Gasteiger partial charge in [-0.15, -0.1) is 15.8 Å². The van der Waals surface area contributed by atoms with Gasteiger partial charge in [0.15, 0.2) is 0 Å². The van der Waals surface area contributed by atoms with Crippen molar-refractivity contribution in [1.29, 1.82) is 0 Å². The Morgan fingerprint density at radius 2 is 0.939 bits per heavy atom. The maximum absolute atomic E-state index is 10.7. The van der Waals surface area contributed by atoms with Gasteiger partial charge in [-0.05, 0) is 86.3 Å². The summed E-state index contributed by atoms with van der Waals surface area (Å²) in [6, 6.07) is 0. The molecule has 1 N–H and O–H groups in total. The van der Waals surface area contributed by atoms with Crippen LogP contribution >= 0.6 is 15.8 Å². The minimum Gasteiger partial charge on any atom is -0.279 e. The molecule has 0 saturated carbocycles. The van der Waals surface area contributed by atoms with E-state index in [0.717, 1.165) is 22.6 Å². The van der Waals surface area contributed by atoms with Crippen LogP contribution in [-0.2, 0) is 29.6 Å². The summed E-state index contributed by atoms with van der Waals surface area (Å²) in [5, 5.41) is 0. The number of halogens is 3. The Balaban J connectivity index is 0.000000512. The molecule has 0 aromatic heterocycles. The Hall–Kier alpha value is 0.663.